The number of hydrogen-bond acceptors (Lipinski definition) is 2. The van der Waals surface area contributed by atoms with Crippen LogP contribution in [0.25, 0.3) is 10.8 Å². The summed E-state index contributed by atoms with van der Waals surface area (Å²) in [5.74, 6) is -0.407. The van der Waals surface area contributed by atoms with Gasteiger partial charge in [-0.25, -0.2) is 17.5 Å². The van der Waals surface area contributed by atoms with E-state index in [-0.39, 0.29) is 4.90 Å². The van der Waals surface area contributed by atoms with E-state index < -0.39 is 15.8 Å². The van der Waals surface area contributed by atoms with Crippen LogP contribution in [0.5, 0.6) is 0 Å². The van der Waals surface area contributed by atoms with E-state index in [2.05, 4.69) is 29.0 Å². The molecule has 0 unspecified atom stereocenters. The van der Waals surface area contributed by atoms with Crippen LogP contribution < -0.4 is 4.72 Å². The van der Waals surface area contributed by atoms with Gasteiger partial charge in [0.05, 0.1) is 4.90 Å². The van der Waals surface area contributed by atoms with E-state index in [9.17, 15) is 12.8 Å². The Morgan fingerprint density at radius 2 is 1.76 bits per heavy atom. The molecule has 0 heterocycles. The summed E-state index contributed by atoms with van der Waals surface area (Å²) in [5.41, 5.74) is 1.52. The summed E-state index contributed by atoms with van der Waals surface area (Å²) in [7, 11) is -3.61. The van der Waals surface area contributed by atoms with E-state index >= 15 is 0 Å². The maximum absolute atomic E-state index is 13.3. The van der Waals surface area contributed by atoms with Gasteiger partial charge in [-0.1, -0.05) is 42.5 Å². The SMILES string of the molecule is Cc1cc(S(=O)(=O)NCCCc2cccc3ccccc23)ccc1F. The van der Waals surface area contributed by atoms with Gasteiger partial charge in [0.2, 0.25) is 10.0 Å². The molecule has 0 saturated carbocycles. The Labute approximate surface area is 147 Å². The maximum Gasteiger partial charge on any atom is 0.240 e. The third kappa shape index (κ3) is 4.06. The molecule has 0 radical (unpaired) electrons. The highest BCUT2D eigenvalue weighted by Crippen LogP contribution is 2.20. The molecule has 0 aromatic heterocycles. The second-order valence-electron chi connectivity index (χ2n) is 6.05. The normalized spacial score (nSPS) is 11.8. The van der Waals surface area contributed by atoms with Gasteiger partial charge >= 0.3 is 0 Å². The van der Waals surface area contributed by atoms with Crippen LogP contribution >= 0.6 is 0 Å². The Morgan fingerprint density at radius 3 is 2.56 bits per heavy atom. The van der Waals surface area contributed by atoms with E-state index in [0.717, 1.165) is 6.42 Å². The summed E-state index contributed by atoms with van der Waals surface area (Å²) in [4.78, 5) is 0.0940. The highest BCUT2D eigenvalue weighted by atomic mass is 32.2. The highest BCUT2D eigenvalue weighted by molar-refractivity contribution is 7.89. The average molecular weight is 357 g/mol. The molecule has 0 bridgehead atoms. The molecule has 0 aliphatic heterocycles. The molecule has 0 saturated heterocycles. The smallest absolute Gasteiger partial charge is 0.211 e. The Bertz CT molecular complexity index is 994. The second-order valence-corrected chi connectivity index (χ2v) is 7.82. The molecular formula is C20H20FNO2S. The van der Waals surface area contributed by atoms with Gasteiger partial charge in [0, 0.05) is 6.54 Å². The topological polar surface area (TPSA) is 46.2 Å². The minimum absolute atomic E-state index is 0.0940. The fraction of sp³-hybridized carbons (Fsp3) is 0.200. The third-order valence-electron chi connectivity index (χ3n) is 4.23. The Kier molecular flexibility index (Phi) is 5.16. The van der Waals surface area contributed by atoms with Crippen molar-refractivity contribution in [3.8, 4) is 0 Å². The number of benzene rings is 3. The predicted molar refractivity (Wildman–Crippen MR) is 98.6 cm³/mol. The van der Waals surface area contributed by atoms with Gasteiger partial charge in [-0.05, 0) is 59.9 Å². The Morgan fingerprint density at radius 1 is 1.00 bits per heavy atom. The molecule has 3 rings (SSSR count). The molecule has 1 N–H and O–H groups in total. The molecule has 3 aromatic carbocycles. The zero-order chi connectivity index (χ0) is 17.9. The number of fused-ring (bicyclic) bond motifs is 1. The lowest BCUT2D eigenvalue weighted by Gasteiger charge is -2.09. The van der Waals surface area contributed by atoms with Gasteiger partial charge in [0.1, 0.15) is 5.82 Å². The minimum atomic E-state index is -3.61. The van der Waals surface area contributed by atoms with Crippen molar-refractivity contribution in [2.45, 2.75) is 24.7 Å². The van der Waals surface area contributed by atoms with E-state index in [1.54, 1.807) is 6.92 Å². The molecule has 5 heteroatoms. The number of nitrogens with one attached hydrogen (secondary N) is 1. The zero-order valence-corrected chi connectivity index (χ0v) is 14.8. The first-order valence-electron chi connectivity index (χ1n) is 8.20. The Hall–Kier alpha value is -2.24. The molecule has 130 valence electrons. The summed E-state index contributed by atoms with van der Waals surface area (Å²) in [6.45, 7) is 1.89. The molecule has 0 aliphatic rings. The largest absolute Gasteiger partial charge is 0.240 e. The van der Waals surface area contributed by atoms with Crippen molar-refractivity contribution in [3.05, 3.63) is 77.6 Å². The van der Waals surface area contributed by atoms with Crippen molar-refractivity contribution in [2.75, 3.05) is 6.54 Å². The fourth-order valence-electron chi connectivity index (χ4n) is 2.86. The van der Waals surface area contributed by atoms with Crippen LogP contribution in [0.4, 0.5) is 4.39 Å². The highest BCUT2D eigenvalue weighted by Gasteiger charge is 2.14. The standard InChI is InChI=1S/C20H20FNO2S/c1-15-14-18(11-12-20(15)21)25(23,24)22-13-5-9-17-8-4-7-16-6-2-3-10-19(16)17/h2-4,6-8,10-12,14,22H,5,9,13H2,1H3. The quantitative estimate of drug-likeness (QED) is 0.672. The lowest BCUT2D eigenvalue weighted by molar-refractivity contribution is 0.577. The molecule has 0 atom stereocenters. The summed E-state index contributed by atoms with van der Waals surface area (Å²) < 4.78 is 40.5. The number of sulfonamides is 1. The van der Waals surface area contributed by atoms with E-state index in [0.29, 0.717) is 18.5 Å². The second kappa shape index (κ2) is 7.33. The van der Waals surface area contributed by atoms with E-state index in [4.69, 9.17) is 0 Å². The molecule has 0 spiro atoms. The van der Waals surface area contributed by atoms with Crippen molar-refractivity contribution in [2.24, 2.45) is 0 Å². The third-order valence-corrected chi connectivity index (χ3v) is 5.69. The molecule has 3 aromatic rings. The van der Waals surface area contributed by atoms with Crippen LogP contribution in [-0.2, 0) is 16.4 Å². The monoisotopic (exact) mass is 357 g/mol. The van der Waals surface area contributed by atoms with Crippen molar-refractivity contribution in [3.63, 3.8) is 0 Å². The number of rotatable bonds is 6. The van der Waals surface area contributed by atoms with Gasteiger partial charge in [-0.2, -0.15) is 0 Å². The Balaban J connectivity index is 1.63. The van der Waals surface area contributed by atoms with Gasteiger partial charge in [-0.15, -0.1) is 0 Å². The van der Waals surface area contributed by atoms with Crippen LogP contribution in [0, 0.1) is 12.7 Å². The minimum Gasteiger partial charge on any atom is -0.211 e. The summed E-state index contributed by atoms with van der Waals surface area (Å²) in [6.07, 6.45) is 1.47. The summed E-state index contributed by atoms with van der Waals surface area (Å²) in [6, 6.07) is 18.1. The summed E-state index contributed by atoms with van der Waals surface area (Å²) >= 11 is 0. The molecule has 0 aliphatic carbocycles. The van der Waals surface area contributed by atoms with Gasteiger partial charge in [0.15, 0.2) is 0 Å². The van der Waals surface area contributed by atoms with Gasteiger partial charge < -0.3 is 0 Å². The number of hydrogen-bond donors (Lipinski definition) is 1. The first-order chi connectivity index (χ1) is 12.0. The van der Waals surface area contributed by atoms with Crippen molar-refractivity contribution in [1.82, 2.24) is 4.72 Å². The molecular weight excluding hydrogens is 337 g/mol. The van der Waals surface area contributed by atoms with Crippen LogP contribution in [0.2, 0.25) is 0 Å². The fourth-order valence-corrected chi connectivity index (χ4v) is 4.02. The van der Waals surface area contributed by atoms with Crippen LogP contribution in [-0.4, -0.2) is 15.0 Å². The molecule has 0 amide bonds. The van der Waals surface area contributed by atoms with Crippen molar-refractivity contribution in [1.29, 1.82) is 0 Å². The zero-order valence-electron chi connectivity index (χ0n) is 14.0. The molecule has 0 fully saturated rings. The van der Waals surface area contributed by atoms with Gasteiger partial charge in [0.25, 0.3) is 0 Å². The van der Waals surface area contributed by atoms with Crippen LogP contribution in [0.15, 0.2) is 65.6 Å². The lowest BCUT2D eigenvalue weighted by Crippen LogP contribution is -2.25. The van der Waals surface area contributed by atoms with Crippen LogP contribution in [0.3, 0.4) is 0 Å². The summed E-state index contributed by atoms with van der Waals surface area (Å²) in [5, 5.41) is 2.38. The molecule has 3 nitrogen and oxygen atoms in total. The number of halogens is 1. The predicted octanol–water partition coefficient (Wildman–Crippen LogP) is 4.20. The first kappa shape index (κ1) is 17.6. The van der Waals surface area contributed by atoms with Gasteiger partial charge in [-0.3, -0.25) is 0 Å². The van der Waals surface area contributed by atoms with E-state index in [1.807, 2.05) is 18.2 Å². The van der Waals surface area contributed by atoms with Crippen LogP contribution in [0.1, 0.15) is 17.5 Å². The lowest BCUT2D eigenvalue weighted by atomic mass is 10.0. The maximum atomic E-state index is 13.3. The van der Waals surface area contributed by atoms with E-state index in [1.165, 1.54) is 34.5 Å². The van der Waals surface area contributed by atoms with Crippen molar-refractivity contribution < 1.29 is 12.8 Å². The average Bonchev–Trinajstić information content (AvgIpc) is 2.61. The first-order valence-corrected chi connectivity index (χ1v) is 9.68. The molecule has 25 heavy (non-hydrogen) atoms. The van der Waals surface area contributed by atoms with Crippen molar-refractivity contribution >= 4 is 20.8 Å². The number of aryl methyl sites for hydroxylation is 2.